The molecule has 212 valence electrons. The van der Waals surface area contributed by atoms with E-state index in [2.05, 4.69) is 31.3 Å². The van der Waals surface area contributed by atoms with Crippen molar-refractivity contribution >= 4 is 50.3 Å². The molecule has 0 bridgehead atoms. The molecule has 0 unspecified atom stereocenters. The van der Waals surface area contributed by atoms with Gasteiger partial charge in [-0.2, -0.15) is 9.78 Å². The number of para-hydroxylation sites is 1. The van der Waals surface area contributed by atoms with Crippen LogP contribution in [-0.4, -0.2) is 40.4 Å². The van der Waals surface area contributed by atoms with Gasteiger partial charge < -0.3 is 14.8 Å². The van der Waals surface area contributed by atoms with Gasteiger partial charge in [-0.1, -0.05) is 41.9 Å². The van der Waals surface area contributed by atoms with Crippen molar-refractivity contribution in [1.82, 2.24) is 9.66 Å². The van der Waals surface area contributed by atoms with E-state index in [1.165, 1.54) is 48.3 Å². The number of benzene rings is 3. The number of nitro groups is 1. The van der Waals surface area contributed by atoms with Gasteiger partial charge in [0.15, 0.2) is 12.4 Å². The van der Waals surface area contributed by atoms with Crippen LogP contribution in [-0.2, 0) is 4.79 Å². The quantitative estimate of drug-likeness (QED) is 0.137. The topological polar surface area (TPSA) is 138 Å². The number of carbonyl (C=O) groups is 1. The lowest BCUT2D eigenvalue weighted by molar-refractivity contribution is -0.385. The first-order valence-corrected chi connectivity index (χ1v) is 13.2. The van der Waals surface area contributed by atoms with E-state index in [9.17, 15) is 24.1 Å². The molecule has 13 heteroatoms. The van der Waals surface area contributed by atoms with Crippen LogP contribution in [0.25, 0.3) is 10.9 Å². The number of nitrogens with one attached hydrogen (secondary N) is 1. The highest BCUT2D eigenvalue weighted by molar-refractivity contribution is 9.10. The number of ether oxygens (including phenoxy) is 2. The molecule has 0 fully saturated rings. The molecule has 0 aliphatic heterocycles. The Hall–Kier alpha value is -4.65. The van der Waals surface area contributed by atoms with Crippen molar-refractivity contribution in [3.63, 3.8) is 0 Å². The number of nitrogens with zero attached hydrogens (tertiary/aromatic N) is 4. The van der Waals surface area contributed by atoms with Crippen molar-refractivity contribution < 1.29 is 23.6 Å². The van der Waals surface area contributed by atoms with Gasteiger partial charge in [-0.25, -0.2) is 9.37 Å². The molecule has 3 aromatic carbocycles. The third kappa shape index (κ3) is 6.57. The lowest BCUT2D eigenvalue weighted by Gasteiger charge is -2.14. The smallest absolute Gasteiger partial charge is 0.315 e. The van der Waals surface area contributed by atoms with Gasteiger partial charge in [0.05, 0.1) is 34.8 Å². The minimum atomic E-state index is -0.732. The minimum absolute atomic E-state index is 0.0468. The number of nitro benzene ring substituents is 1. The summed E-state index contributed by atoms with van der Waals surface area (Å²) < 4.78 is 26.5. The molecule has 1 atom stereocenters. The zero-order valence-corrected chi connectivity index (χ0v) is 23.8. The summed E-state index contributed by atoms with van der Waals surface area (Å²) in [6.07, 6.45) is 1.97. The van der Waals surface area contributed by atoms with Gasteiger partial charge in [0.1, 0.15) is 11.6 Å². The fraction of sp³-hybridized carbons (Fsp3) is 0.214. The Labute approximate surface area is 241 Å². The van der Waals surface area contributed by atoms with E-state index in [0.717, 1.165) is 0 Å². The number of carbonyl (C=O) groups excluding carboxylic acids is 1. The molecule has 1 heterocycles. The number of aromatic nitrogens is 2. The van der Waals surface area contributed by atoms with Crippen LogP contribution in [0.1, 0.15) is 37.6 Å². The van der Waals surface area contributed by atoms with E-state index in [0.29, 0.717) is 27.6 Å². The maximum absolute atomic E-state index is 13.8. The molecule has 4 aromatic rings. The zero-order chi connectivity index (χ0) is 29.7. The molecule has 0 spiro atoms. The number of hydrogen-bond acceptors (Lipinski definition) is 8. The normalized spacial score (nSPS) is 11.9. The highest BCUT2D eigenvalue weighted by Gasteiger charge is 2.24. The van der Waals surface area contributed by atoms with Gasteiger partial charge in [-0.15, -0.1) is 0 Å². The monoisotopic (exact) mass is 625 g/mol. The Morgan fingerprint density at radius 1 is 1.27 bits per heavy atom. The summed E-state index contributed by atoms with van der Waals surface area (Å²) in [7, 11) is 1.28. The zero-order valence-electron chi connectivity index (χ0n) is 22.3. The average Bonchev–Trinajstić information content (AvgIpc) is 2.96. The van der Waals surface area contributed by atoms with Gasteiger partial charge >= 0.3 is 5.69 Å². The summed E-state index contributed by atoms with van der Waals surface area (Å²) in [5.74, 6) is -1.39. The predicted molar refractivity (Wildman–Crippen MR) is 156 cm³/mol. The molecule has 1 aromatic heterocycles. The van der Waals surface area contributed by atoms with E-state index >= 15 is 0 Å². The highest BCUT2D eigenvalue weighted by atomic mass is 79.9. The molecule has 0 saturated carbocycles. The molecule has 0 saturated heterocycles. The van der Waals surface area contributed by atoms with Crippen LogP contribution in [0, 0.1) is 15.9 Å². The first kappa shape index (κ1) is 29.3. The summed E-state index contributed by atoms with van der Waals surface area (Å²) in [6, 6.07) is 13.3. The molecule has 1 N–H and O–H groups in total. The fourth-order valence-electron chi connectivity index (χ4n) is 3.91. The third-order valence-corrected chi connectivity index (χ3v) is 6.67. The summed E-state index contributed by atoms with van der Waals surface area (Å²) >= 11 is 3.37. The van der Waals surface area contributed by atoms with Crippen molar-refractivity contribution in [3.8, 4) is 11.5 Å². The number of halogens is 2. The number of rotatable bonds is 10. The summed E-state index contributed by atoms with van der Waals surface area (Å²) in [5.41, 5.74) is -0.202. The van der Waals surface area contributed by atoms with Crippen molar-refractivity contribution in [2.75, 3.05) is 19.0 Å². The van der Waals surface area contributed by atoms with Gasteiger partial charge in [0, 0.05) is 22.0 Å². The van der Waals surface area contributed by atoms with Crippen molar-refractivity contribution in [3.05, 3.63) is 96.7 Å². The minimum Gasteiger partial charge on any atom is -0.493 e. The highest BCUT2D eigenvalue weighted by Crippen LogP contribution is 2.38. The van der Waals surface area contributed by atoms with E-state index in [1.807, 2.05) is 13.8 Å². The van der Waals surface area contributed by atoms with Crippen LogP contribution < -0.4 is 20.3 Å². The van der Waals surface area contributed by atoms with Crippen LogP contribution in [0.3, 0.4) is 0 Å². The Bertz CT molecular complexity index is 1720. The van der Waals surface area contributed by atoms with Crippen LogP contribution in [0.4, 0.5) is 15.8 Å². The molecule has 41 heavy (non-hydrogen) atoms. The van der Waals surface area contributed by atoms with Gasteiger partial charge in [0.2, 0.25) is 5.75 Å². The summed E-state index contributed by atoms with van der Waals surface area (Å²) in [6.45, 7) is 3.23. The SMILES string of the molecule is CC[C@@H](C)c1nc2ccc(Br)cc2c(=O)n1N=Cc1cc(OC)c(OCC(=O)Nc2ccccc2F)c([N+](=O)[O-])c1. The third-order valence-electron chi connectivity index (χ3n) is 6.18. The molecule has 11 nitrogen and oxygen atoms in total. The lowest BCUT2D eigenvalue weighted by Crippen LogP contribution is -2.23. The second-order valence-electron chi connectivity index (χ2n) is 8.95. The van der Waals surface area contributed by atoms with E-state index in [1.54, 1.807) is 24.3 Å². The summed E-state index contributed by atoms with van der Waals surface area (Å²) in [5, 5.41) is 19.0. The lowest BCUT2D eigenvalue weighted by atomic mass is 10.1. The predicted octanol–water partition coefficient (Wildman–Crippen LogP) is 5.63. The van der Waals surface area contributed by atoms with Crippen LogP contribution >= 0.6 is 15.9 Å². The number of amides is 1. The molecule has 0 aliphatic carbocycles. The first-order chi connectivity index (χ1) is 19.6. The van der Waals surface area contributed by atoms with E-state index in [-0.39, 0.29) is 28.7 Å². The van der Waals surface area contributed by atoms with Crippen molar-refractivity contribution in [1.29, 1.82) is 0 Å². The van der Waals surface area contributed by atoms with E-state index < -0.39 is 34.5 Å². The van der Waals surface area contributed by atoms with Crippen LogP contribution in [0.15, 0.2) is 69.0 Å². The summed E-state index contributed by atoms with van der Waals surface area (Å²) in [4.78, 5) is 41.6. The fourth-order valence-corrected chi connectivity index (χ4v) is 4.27. The maximum Gasteiger partial charge on any atom is 0.315 e. The van der Waals surface area contributed by atoms with Crippen LogP contribution in [0.5, 0.6) is 11.5 Å². The largest absolute Gasteiger partial charge is 0.493 e. The number of fused-ring (bicyclic) bond motifs is 1. The molecule has 1 amide bonds. The second kappa shape index (κ2) is 12.7. The van der Waals surface area contributed by atoms with E-state index in [4.69, 9.17) is 9.47 Å². The Morgan fingerprint density at radius 3 is 2.71 bits per heavy atom. The Balaban J connectivity index is 1.68. The number of anilines is 1. The molecule has 0 radical (unpaired) electrons. The molecule has 4 rings (SSSR count). The molecule has 0 aliphatic rings. The van der Waals surface area contributed by atoms with Gasteiger partial charge in [-0.3, -0.25) is 19.7 Å². The van der Waals surface area contributed by atoms with Gasteiger partial charge in [0.25, 0.3) is 11.5 Å². The molecular formula is C28H25BrFN5O6. The van der Waals surface area contributed by atoms with Crippen molar-refractivity contribution in [2.24, 2.45) is 5.10 Å². The Kier molecular flexibility index (Phi) is 9.07. The second-order valence-corrected chi connectivity index (χ2v) is 9.86. The molecular weight excluding hydrogens is 601 g/mol. The maximum atomic E-state index is 13.8. The van der Waals surface area contributed by atoms with Gasteiger partial charge in [-0.05, 0) is 42.8 Å². The standard InChI is InChI=1S/C28H25BrFN5O6/c1-4-16(2)27-33-21-10-9-18(29)13-19(21)28(37)34(27)31-14-17-11-23(35(38)39)26(24(12-17)40-3)41-15-25(36)32-22-8-6-5-7-20(22)30/h5-14,16H,4,15H2,1-3H3,(H,32,36)/t16-/m1/s1. The van der Waals surface area contributed by atoms with Crippen molar-refractivity contribution in [2.45, 2.75) is 26.2 Å². The number of hydrogen-bond donors (Lipinski definition) is 1. The number of methoxy groups -OCH3 is 1. The first-order valence-electron chi connectivity index (χ1n) is 12.4. The van der Waals surface area contributed by atoms with Crippen LogP contribution in [0.2, 0.25) is 0 Å². The average molecular weight is 626 g/mol. The Morgan fingerprint density at radius 2 is 2.02 bits per heavy atom.